The quantitative estimate of drug-likeness (QED) is 0.103. The summed E-state index contributed by atoms with van der Waals surface area (Å²) in [5, 5.41) is 34.7. The third-order valence-electron chi connectivity index (χ3n) is 4.10. The second-order valence-electron chi connectivity index (χ2n) is 6.33. The Kier molecular flexibility index (Phi) is 33.0. The number of hydrogen-bond donors (Lipinski definition) is 2. The molecule has 40 heavy (non-hydrogen) atoms. The molecule has 0 aromatic heterocycles. The number of thiocarbonyl (C=S) groups is 2. The molecule has 4 aromatic rings. The molecule has 12 heteroatoms. The number of isothiocyanates is 2. The van der Waals surface area contributed by atoms with Crippen molar-refractivity contribution in [2.45, 2.75) is 0 Å². The molecule has 0 aliphatic rings. The van der Waals surface area contributed by atoms with E-state index in [-0.39, 0.29) is 129 Å². The summed E-state index contributed by atoms with van der Waals surface area (Å²) in [6.45, 7) is 0. The van der Waals surface area contributed by atoms with Gasteiger partial charge in [-0.1, -0.05) is 24.4 Å². The smallest absolute Gasteiger partial charge is 0.753 e. The van der Waals surface area contributed by atoms with Gasteiger partial charge in [0.15, 0.2) is 0 Å². The number of benzene rings is 4. The van der Waals surface area contributed by atoms with Crippen molar-refractivity contribution >= 4 is 46.7 Å². The maximum Gasteiger partial charge on any atom is 6.00 e. The van der Waals surface area contributed by atoms with Crippen molar-refractivity contribution in [3.8, 4) is 22.3 Å². The van der Waals surface area contributed by atoms with E-state index < -0.39 is 11.9 Å². The van der Waals surface area contributed by atoms with Crippen LogP contribution in [0.5, 0.6) is 0 Å². The van der Waals surface area contributed by atoms with Crippen molar-refractivity contribution in [3.63, 3.8) is 0 Å². The molecular formula is C28H16N2O4RuS2Y3. The van der Waals surface area contributed by atoms with E-state index in [1.54, 1.807) is 0 Å². The average molecular weight is 876 g/mol. The number of carbonyl (C=O) groups is 2. The average Bonchev–Trinajstić information content (AvgIpc) is 2.91. The zero-order chi connectivity index (χ0) is 26.8. The first-order chi connectivity index (χ1) is 17.4. The second-order valence-corrected chi connectivity index (χ2v) is 6.69. The van der Waals surface area contributed by atoms with Crippen LogP contribution in [0.1, 0.15) is 20.7 Å². The van der Waals surface area contributed by atoms with E-state index in [1.807, 2.05) is 48.5 Å². The minimum atomic E-state index is -1.04. The van der Waals surface area contributed by atoms with Crippen molar-refractivity contribution in [1.82, 2.24) is 0 Å². The van der Waals surface area contributed by atoms with Crippen LogP contribution in [0.2, 0.25) is 0 Å². The Morgan fingerprint density at radius 3 is 1.15 bits per heavy atom. The second kappa shape index (κ2) is 28.5. The summed E-state index contributed by atoms with van der Waals surface area (Å²) in [4.78, 5) is 21.7. The standard InChI is InChI=1S/C14H8O4.C12H8.2CNS.Ru.3Y/c15-13(16)11-5-1-3-9(7-11)10-4-2-6-12(8-10)14(17)18;1-3-7-11(8-4-1)12-9-5-2-6-10-12;2*2-1-3;;;;/h1-2,5-8H,(H,15,16)(H,17,18);1-7,9H;;;;;;/q2*-2;2*-1;+6;;;. The molecule has 191 valence electrons. The van der Waals surface area contributed by atoms with Crippen molar-refractivity contribution in [3.05, 3.63) is 131 Å². The van der Waals surface area contributed by atoms with Gasteiger partial charge in [-0.2, -0.15) is 95.3 Å². The van der Waals surface area contributed by atoms with Crippen LogP contribution in [-0.4, -0.2) is 32.5 Å². The summed E-state index contributed by atoms with van der Waals surface area (Å²) in [6, 6.07) is 36.5. The monoisotopic (exact) mass is 877 g/mol. The Bertz CT molecular complexity index is 1250. The number of carboxylic acids is 2. The number of carboxylic acid groups (broad SMARTS) is 2. The van der Waals surface area contributed by atoms with Gasteiger partial charge in [-0.05, 0) is 11.1 Å². The summed E-state index contributed by atoms with van der Waals surface area (Å²) in [6.07, 6.45) is 0. The van der Waals surface area contributed by atoms with Crippen molar-refractivity contribution in [2.75, 3.05) is 0 Å². The molecule has 0 aliphatic carbocycles. The minimum Gasteiger partial charge on any atom is -0.753 e. The fourth-order valence-corrected chi connectivity index (χ4v) is 2.63. The molecule has 0 aliphatic heterocycles. The SMILES string of the molecule is O=C(O)c1cc[c-]c(-c2[c-]ccc(C(=O)O)c2)c1.[N-]=C=S.[N-]=C=S.[Ru+6].[Y].[Y].[Y].[c-]1ccccc1-c1[c-]cccc1. The molecule has 3 radical (unpaired) electrons. The van der Waals surface area contributed by atoms with Gasteiger partial charge in [-0.15, -0.1) is 24.3 Å². The van der Waals surface area contributed by atoms with E-state index in [0.717, 1.165) is 11.1 Å². The van der Waals surface area contributed by atoms with Crippen molar-refractivity contribution in [2.24, 2.45) is 0 Å². The first-order valence-electron chi connectivity index (χ1n) is 9.84. The van der Waals surface area contributed by atoms with Crippen molar-refractivity contribution < 1.29 is 137 Å². The summed E-state index contributed by atoms with van der Waals surface area (Å²) >= 11 is 7.40. The number of rotatable bonds is 4. The van der Waals surface area contributed by atoms with E-state index in [0.29, 0.717) is 11.1 Å². The van der Waals surface area contributed by atoms with Crippen LogP contribution in [-0.2, 0) is 118 Å². The van der Waals surface area contributed by atoms with Gasteiger partial charge in [-0.3, -0.25) is 0 Å². The maximum atomic E-state index is 10.8. The van der Waals surface area contributed by atoms with Gasteiger partial charge in [0.05, 0.1) is 0 Å². The van der Waals surface area contributed by atoms with E-state index in [9.17, 15) is 9.59 Å². The fraction of sp³-hybridized carbons (Fsp3) is 0. The van der Waals surface area contributed by atoms with Crippen LogP contribution in [0.15, 0.2) is 84.9 Å². The molecular weight excluding hydrogens is 860 g/mol. The molecule has 0 amide bonds. The molecule has 0 heterocycles. The molecule has 0 unspecified atom stereocenters. The first kappa shape index (κ1) is 46.3. The van der Waals surface area contributed by atoms with Gasteiger partial charge >= 0.3 is 31.4 Å². The molecule has 2 N–H and O–H groups in total. The third-order valence-corrected chi connectivity index (χ3v) is 4.10. The van der Waals surface area contributed by atoms with Crippen LogP contribution in [0, 0.1) is 24.3 Å². The minimum absolute atomic E-state index is 0. The van der Waals surface area contributed by atoms with Crippen LogP contribution in [0.25, 0.3) is 33.1 Å². The molecule has 4 aromatic carbocycles. The Labute approximate surface area is 332 Å². The van der Waals surface area contributed by atoms with E-state index in [1.165, 1.54) is 46.7 Å². The van der Waals surface area contributed by atoms with Gasteiger partial charge in [-0.25, -0.2) is 31.8 Å². The number of aromatic carboxylic acids is 2. The van der Waals surface area contributed by atoms with Gasteiger partial charge < -0.3 is 21.0 Å². The largest absolute Gasteiger partial charge is 6.00 e. The molecule has 0 atom stereocenters. The number of hydrogen-bond acceptors (Lipinski definition) is 4. The van der Waals surface area contributed by atoms with E-state index >= 15 is 0 Å². The van der Waals surface area contributed by atoms with Gasteiger partial charge in [0, 0.05) is 98.1 Å². The van der Waals surface area contributed by atoms with Crippen LogP contribution >= 0.6 is 24.4 Å². The van der Waals surface area contributed by atoms with Gasteiger partial charge in [0.2, 0.25) is 0 Å². The number of nitrogens with zero attached hydrogens (tertiary/aromatic N) is 2. The predicted octanol–water partition coefficient (Wildman–Crippen LogP) is 6.61. The Morgan fingerprint density at radius 1 is 0.600 bits per heavy atom. The Balaban J connectivity index is -0.000000258. The summed E-state index contributed by atoms with van der Waals surface area (Å²) in [7, 11) is 0. The fourth-order valence-electron chi connectivity index (χ4n) is 2.63. The summed E-state index contributed by atoms with van der Waals surface area (Å²) in [5.74, 6) is -2.08. The Hall–Kier alpha value is -0.645. The maximum absolute atomic E-state index is 10.8. The summed E-state index contributed by atoms with van der Waals surface area (Å²) < 4.78 is 0. The zero-order valence-corrected chi connectivity index (χ0v) is 32.5. The Morgan fingerprint density at radius 2 is 0.900 bits per heavy atom. The molecule has 0 saturated carbocycles. The van der Waals surface area contributed by atoms with E-state index in [4.69, 9.17) is 21.0 Å². The molecule has 0 spiro atoms. The summed E-state index contributed by atoms with van der Waals surface area (Å²) in [5.41, 5.74) is 3.43. The van der Waals surface area contributed by atoms with Crippen molar-refractivity contribution in [1.29, 1.82) is 0 Å². The predicted molar refractivity (Wildman–Crippen MR) is 145 cm³/mol. The third kappa shape index (κ3) is 18.7. The molecule has 0 fully saturated rings. The molecule has 0 saturated heterocycles. The molecule has 0 bridgehead atoms. The normalized spacial score (nSPS) is 7.80. The topological polar surface area (TPSA) is 119 Å². The molecule has 4 rings (SSSR count). The van der Waals surface area contributed by atoms with E-state index in [2.05, 4.69) is 48.7 Å². The first-order valence-corrected chi connectivity index (χ1v) is 10.7. The van der Waals surface area contributed by atoms with Crippen LogP contribution in [0.3, 0.4) is 0 Å². The molecule has 6 nitrogen and oxygen atoms in total. The van der Waals surface area contributed by atoms with Gasteiger partial charge in [0.25, 0.3) is 0 Å². The van der Waals surface area contributed by atoms with Crippen LogP contribution < -0.4 is 0 Å². The zero-order valence-electron chi connectivity index (χ0n) is 20.6. The van der Waals surface area contributed by atoms with Crippen LogP contribution in [0.4, 0.5) is 0 Å². The van der Waals surface area contributed by atoms with Gasteiger partial charge in [0.1, 0.15) is 0 Å².